The molecule has 0 unspecified atom stereocenters. The number of aromatic nitrogens is 1. The van der Waals surface area contributed by atoms with Crippen LogP contribution in [-0.4, -0.2) is 17.4 Å². The van der Waals surface area contributed by atoms with Gasteiger partial charge in [0.1, 0.15) is 0 Å². The van der Waals surface area contributed by atoms with Crippen molar-refractivity contribution in [3.8, 4) is 0 Å². The zero-order chi connectivity index (χ0) is 14.3. The lowest BCUT2D eigenvalue weighted by Crippen LogP contribution is -2.42. The molecule has 1 heterocycles. The molecule has 106 valence electrons. The molecule has 0 spiro atoms. The second-order valence-electron chi connectivity index (χ2n) is 5.13. The zero-order valence-corrected chi connectivity index (χ0v) is 12.2. The summed E-state index contributed by atoms with van der Waals surface area (Å²) in [7, 11) is 0. The van der Waals surface area contributed by atoms with Gasteiger partial charge in [0.2, 0.25) is 5.91 Å². The van der Waals surface area contributed by atoms with Crippen molar-refractivity contribution in [2.24, 2.45) is 11.1 Å². The smallest absolute Gasteiger partial charge is 0.231 e. The maximum atomic E-state index is 12.6. The molecule has 0 radical (unpaired) electrons. The van der Waals surface area contributed by atoms with E-state index in [-0.39, 0.29) is 5.91 Å². The third-order valence-electron chi connectivity index (χ3n) is 3.62. The number of rotatable bonds is 7. The molecule has 3 N–H and O–H groups in total. The quantitative estimate of drug-likeness (QED) is 0.794. The van der Waals surface area contributed by atoms with Crippen molar-refractivity contribution in [1.82, 2.24) is 4.98 Å². The molecular formula is C15H25N3O. The average Bonchev–Trinajstić information content (AvgIpc) is 2.41. The Morgan fingerprint density at radius 3 is 2.47 bits per heavy atom. The fourth-order valence-corrected chi connectivity index (χ4v) is 2.46. The van der Waals surface area contributed by atoms with Crippen molar-refractivity contribution in [3.05, 3.63) is 24.0 Å². The van der Waals surface area contributed by atoms with Crippen molar-refractivity contribution in [1.29, 1.82) is 0 Å². The maximum Gasteiger partial charge on any atom is 0.231 e. The van der Waals surface area contributed by atoms with E-state index in [9.17, 15) is 4.79 Å². The summed E-state index contributed by atoms with van der Waals surface area (Å²) in [6.07, 6.45) is 6.96. The third-order valence-corrected chi connectivity index (χ3v) is 3.62. The molecule has 0 aliphatic heterocycles. The molecule has 1 aromatic rings. The van der Waals surface area contributed by atoms with E-state index < -0.39 is 5.41 Å². The Hall–Kier alpha value is -1.42. The number of carbonyl (C=O) groups is 1. The number of aryl methyl sites for hydroxylation is 1. The van der Waals surface area contributed by atoms with E-state index in [1.807, 2.05) is 13.0 Å². The van der Waals surface area contributed by atoms with Crippen LogP contribution >= 0.6 is 0 Å². The van der Waals surface area contributed by atoms with E-state index in [1.165, 1.54) is 0 Å². The van der Waals surface area contributed by atoms with Gasteiger partial charge in [-0.3, -0.25) is 9.78 Å². The molecular weight excluding hydrogens is 238 g/mol. The van der Waals surface area contributed by atoms with Crippen LogP contribution in [0.25, 0.3) is 0 Å². The molecule has 0 aromatic carbocycles. The van der Waals surface area contributed by atoms with Gasteiger partial charge < -0.3 is 11.1 Å². The van der Waals surface area contributed by atoms with Crippen molar-refractivity contribution < 1.29 is 4.79 Å². The van der Waals surface area contributed by atoms with Crippen molar-refractivity contribution in [2.75, 3.05) is 11.9 Å². The molecule has 0 aliphatic carbocycles. The highest BCUT2D eigenvalue weighted by Crippen LogP contribution is 2.30. The molecule has 1 amide bonds. The molecule has 0 bridgehead atoms. The summed E-state index contributed by atoms with van der Waals surface area (Å²) in [5.41, 5.74) is 7.23. The van der Waals surface area contributed by atoms with Gasteiger partial charge in [-0.05, 0) is 31.4 Å². The first kappa shape index (κ1) is 15.6. The normalized spacial score (nSPS) is 11.4. The zero-order valence-electron chi connectivity index (χ0n) is 12.2. The average molecular weight is 263 g/mol. The van der Waals surface area contributed by atoms with Gasteiger partial charge >= 0.3 is 0 Å². The fourth-order valence-electron chi connectivity index (χ4n) is 2.46. The van der Waals surface area contributed by atoms with E-state index >= 15 is 0 Å². The SMILES string of the molecule is CCCC(CN)(CCC)C(=O)Nc1cnccc1C. The third kappa shape index (κ3) is 3.77. The number of amides is 1. The van der Waals surface area contributed by atoms with Crippen molar-refractivity contribution in [2.45, 2.75) is 46.5 Å². The molecule has 4 nitrogen and oxygen atoms in total. The predicted octanol–water partition coefficient (Wildman–Crippen LogP) is 2.87. The highest BCUT2D eigenvalue weighted by molar-refractivity contribution is 5.95. The number of hydrogen-bond donors (Lipinski definition) is 2. The standard InChI is InChI=1S/C15H25N3O/c1-4-7-15(11-16,8-5-2)14(19)18-13-10-17-9-6-12(13)3/h6,9-10H,4-5,7-8,11,16H2,1-3H3,(H,18,19). The van der Waals surface area contributed by atoms with Gasteiger partial charge in [-0.15, -0.1) is 0 Å². The van der Waals surface area contributed by atoms with Crippen molar-refractivity contribution in [3.63, 3.8) is 0 Å². The summed E-state index contributed by atoms with van der Waals surface area (Å²) in [4.78, 5) is 16.6. The molecule has 1 aromatic heterocycles. The number of carbonyl (C=O) groups excluding carboxylic acids is 1. The Kier molecular flexibility index (Phi) is 5.96. The summed E-state index contributed by atoms with van der Waals surface area (Å²) < 4.78 is 0. The highest BCUT2D eigenvalue weighted by atomic mass is 16.2. The molecule has 0 aliphatic rings. The Morgan fingerprint density at radius 2 is 2.00 bits per heavy atom. The first-order chi connectivity index (χ1) is 9.09. The lowest BCUT2D eigenvalue weighted by atomic mass is 9.78. The molecule has 0 fully saturated rings. The van der Waals surface area contributed by atoms with Crippen LogP contribution in [0.3, 0.4) is 0 Å². The van der Waals surface area contributed by atoms with Gasteiger partial charge in [-0.1, -0.05) is 26.7 Å². The summed E-state index contributed by atoms with van der Waals surface area (Å²) in [5, 5.41) is 2.99. The van der Waals surface area contributed by atoms with E-state index in [0.29, 0.717) is 6.54 Å². The minimum absolute atomic E-state index is 0.0230. The Balaban J connectivity index is 2.91. The van der Waals surface area contributed by atoms with Gasteiger partial charge in [0, 0.05) is 12.7 Å². The van der Waals surface area contributed by atoms with Crippen LogP contribution in [0.2, 0.25) is 0 Å². The second kappa shape index (κ2) is 7.24. The van der Waals surface area contributed by atoms with Crippen molar-refractivity contribution >= 4 is 11.6 Å². The van der Waals surface area contributed by atoms with E-state index in [4.69, 9.17) is 5.73 Å². The van der Waals surface area contributed by atoms with Gasteiger partial charge in [0.25, 0.3) is 0 Å². The first-order valence-electron chi connectivity index (χ1n) is 7.01. The Labute approximate surface area is 115 Å². The first-order valence-corrected chi connectivity index (χ1v) is 7.01. The number of hydrogen-bond acceptors (Lipinski definition) is 3. The number of nitrogens with two attached hydrogens (primary N) is 1. The van der Waals surface area contributed by atoms with Crippen LogP contribution in [0, 0.1) is 12.3 Å². The number of anilines is 1. The van der Waals surface area contributed by atoms with Crippen LogP contribution in [-0.2, 0) is 4.79 Å². The number of pyridine rings is 1. The summed E-state index contributed by atoms with van der Waals surface area (Å²) in [5.74, 6) is 0.0230. The summed E-state index contributed by atoms with van der Waals surface area (Å²) >= 11 is 0. The summed E-state index contributed by atoms with van der Waals surface area (Å²) in [6.45, 7) is 6.52. The monoisotopic (exact) mass is 263 g/mol. The van der Waals surface area contributed by atoms with Crippen LogP contribution in [0.1, 0.15) is 45.1 Å². The summed E-state index contributed by atoms with van der Waals surface area (Å²) in [6, 6.07) is 1.89. The molecule has 0 saturated heterocycles. The molecule has 0 atom stereocenters. The van der Waals surface area contributed by atoms with Crippen LogP contribution in [0.5, 0.6) is 0 Å². The lowest BCUT2D eigenvalue weighted by molar-refractivity contribution is -0.126. The molecule has 0 saturated carbocycles. The van der Waals surface area contributed by atoms with E-state index in [2.05, 4.69) is 24.1 Å². The highest BCUT2D eigenvalue weighted by Gasteiger charge is 2.35. The second-order valence-corrected chi connectivity index (χ2v) is 5.13. The molecule has 19 heavy (non-hydrogen) atoms. The fraction of sp³-hybridized carbons (Fsp3) is 0.600. The number of nitrogens with one attached hydrogen (secondary N) is 1. The lowest BCUT2D eigenvalue weighted by Gasteiger charge is -2.30. The topological polar surface area (TPSA) is 68.0 Å². The van der Waals surface area contributed by atoms with Gasteiger partial charge in [0.05, 0.1) is 17.3 Å². The van der Waals surface area contributed by atoms with Crippen LogP contribution < -0.4 is 11.1 Å². The number of nitrogens with zero attached hydrogens (tertiary/aromatic N) is 1. The Bertz CT molecular complexity index is 412. The minimum atomic E-state index is -0.453. The van der Waals surface area contributed by atoms with Gasteiger partial charge in [-0.25, -0.2) is 0 Å². The Morgan fingerprint density at radius 1 is 1.37 bits per heavy atom. The predicted molar refractivity (Wildman–Crippen MR) is 78.9 cm³/mol. The minimum Gasteiger partial charge on any atom is -0.329 e. The maximum absolute atomic E-state index is 12.6. The van der Waals surface area contributed by atoms with Crippen LogP contribution in [0.15, 0.2) is 18.5 Å². The molecule has 4 heteroatoms. The van der Waals surface area contributed by atoms with E-state index in [1.54, 1.807) is 12.4 Å². The van der Waals surface area contributed by atoms with E-state index in [0.717, 1.165) is 36.9 Å². The largest absolute Gasteiger partial charge is 0.329 e. The van der Waals surface area contributed by atoms with Crippen LogP contribution in [0.4, 0.5) is 5.69 Å². The van der Waals surface area contributed by atoms with Gasteiger partial charge in [0.15, 0.2) is 0 Å². The van der Waals surface area contributed by atoms with Gasteiger partial charge in [-0.2, -0.15) is 0 Å². The molecule has 1 rings (SSSR count).